The van der Waals surface area contributed by atoms with Crippen LogP contribution >= 0.6 is 0 Å². The number of nitrogens with one attached hydrogen (secondary N) is 1. The Kier molecular flexibility index (Phi) is 6.86. The van der Waals surface area contributed by atoms with Crippen LogP contribution in [0.5, 0.6) is 0 Å². The van der Waals surface area contributed by atoms with Gasteiger partial charge in [0.25, 0.3) is 5.91 Å². The smallest absolute Gasteiger partial charge is 0.416 e. The second-order valence-electron chi connectivity index (χ2n) is 8.13. The van der Waals surface area contributed by atoms with Crippen LogP contribution in [0, 0.1) is 0 Å². The van der Waals surface area contributed by atoms with Crippen molar-refractivity contribution in [2.45, 2.75) is 25.7 Å². The highest BCUT2D eigenvalue weighted by Crippen LogP contribution is 2.30. The summed E-state index contributed by atoms with van der Waals surface area (Å²) in [5.74, 6) is -1.54. The number of carboxylic acid groups (broad SMARTS) is 1. The molecule has 0 unspecified atom stereocenters. The van der Waals surface area contributed by atoms with Crippen molar-refractivity contribution in [1.29, 1.82) is 0 Å². The Morgan fingerprint density at radius 3 is 2.19 bits per heavy atom. The molecule has 0 saturated heterocycles. The zero-order valence-electron chi connectivity index (χ0n) is 19.0. The van der Waals surface area contributed by atoms with Gasteiger partial charge < -0.3 is 10.4 Å². The number of amides is 1. The van der Waals surface area contributed by atoms with E-state index in [0.717, 1.165) is 12.1 Å². The van der Waals surface area contributed by atoms with Gasteiger partial charge in [-0.2, -0.15) is 13.2 Å². The molecule has 1 amide bonds. The molecule has 0 aliphatic rings. The van der Waals surface area contributed by atoms with E-state index in [1.54, 1.807) is 43.3 Å². The Bertz CT molecular complexity index is 1370. The van der Waals surface area contributed by atoms with E-state index in [1.165, 1.54) is 28.9 Å². The molecule has 0 aliphatic heterocycles. The number of aromatic carboxylic acids is 1. The van der Waals surface area contributed by atoms with Crippen LogP contribution in [0.25, 0.3) is 11.3 Å². The fourth-order valence-corrected chi connectivity index (χ4v) is 3.69. The van der Waals surface area contributed by atoms with Crippen LogP contribution in [0.4, 0.5) is 13.2 Å². The van der Waals surface area contributed by atoms with E-state index in [1.807, 2.05) is 6.07 Å². The molecule has 1 aromatic heterocycles. The van der Waals surface area contributed by atoms with Crippen LogP contribution in [0.3, 0.4) is 0 Å². The zero-order valence-corrected chi connectivity index (χ0v) is 19.0. The molecule has 4 aromatic rings. The quantitative estimate of drug-likeness (QED) is 0.368. The van der Waals surface area contributed by atoms with Gasteiger partial charge in [0.2, 0.25) is 0 Å². The summed E-state index contributed by atoms with van der Waals surface area (Å²) in [4.78, 5) is 24.2. The second-order valence-corrected chi connectivity index (χ2v) is 8.13. The number of rotatable bonds is 7. The summed E-state index contributed by atoms with van der Waals surface area (Å²) in [6.45, 7) is 1.86. The summed E-state index contributed by atoms with van der Waals surface area (Å²) in [6, 6.07) is 19.4. The van der Waals surface area contributed by atoms with Crippen LogP contribution in [-0.4, -0.2) is 32.0 Å². The molecular weight excluding hydrogens is 473 g/mol. The maximum absolute atomic E-state index is 13.2. The van der Waals surface area contributed by atoms with Gasteiger partial charge in [-0.3, -0.25) is 4.79 Å². The van der Waals surface area contributed by atoms with Crippen molar-refractivity contribution in [3.05, 3.63) is 107 Å². The first-order valence-corrected chi connectivity index (χ1v) is 10.9. The molecule has 1 heterocycles. The van der Waals surface area contributed by atoms with Gasteiger partial charge >= 0.3 is 12.1 Å². The third kappa shape index (κ3) is 5.43. The maximum atomic E-state index is 13.2. The predicted molar refractivity (Wildman–Crippen MR) is 125 cm³/mol. The zero-order chi connectivity index (χ0) is 25.9. The van der Waals surface area contributed by atoms with Crippen LogP contribution in [-0.2, 0) is 12.7 Å². The Hall–Kier alpha value is -4.47. The fraction of sp³-hybridized carbons (Fsp3) is 0.154. The molecule has 4 rings (SSSR count). The van der Waals surface area contributed by atoms with E-state index in [-0.39, 0.29) is 17.8 Å². The summed E-state index contributed by atoms with van der Waals surface area (Å²) in [5.41, 5.74) is 1.78. The summed E-state index contributed by atoms with van der Waals surface area (Å²) in [7, 11) is 0. The molecule has 3 aromatic carbocycles. The van der Waals surface area contributed by atoms with Crippen LogP contribution in [0.15, 0.2) is 78.9 Å². The lowest BCUT2D eigenvalue weighted by molar-refractivity contribution is -0.137. The molecule has 184 valence electrons. The standard InChI is InChI=1S/C26H21F3N4O3/c1-16(18-9-11-20(12-10-18)25(35)36)30-24(34)22-23(19-5-3-2-4-6-19)33(32-31-22)15-17-7-13-21(14-8-17)26(27,28)29/h2-14,16H,15H2,1H3,(H,30,34)(H,35,36)/t16-/m0/s1. The van der Waals surface area contributed by atoms with E-state index < -0.39 is 29.7 Å². The maximum Gasteiger partial charge on any atom is 0.416 e. The molecule has 0 bridgehead atoms. The van der Waals surface area contributed by atoms with Crippen molar-refractivity contribution >= 4 is 11.9 Å². The third-order valence-electron chi connectivity index (χ3n) is 5.62. The Morgan fingerprint density at radius 1 is 0.972 bits per heavy atom. The summed E-state index contributed by atoms with van der Waals surface area (Å²) in [6.07, 6.45) is -4.43. The average molecular weight is 494 g/mol. The van der Waals surface area contributed by atoms with Gasteiger partial charge in [0, 0.05) is 5.56 Å². The number of carboxylic acids is 1. The molecule has 7 nitrogen and oxygen atoms in total. The topological polar surface area (TPSA) is 97.1 Å². The number of nitrogens with zero attached hydrogens (tertiary/aromatic N) is 3. The lowest BCUT2D eigenvalue weighted by Crippen LogP contribution is -2.27. The fourth-order valence-electron chi connectivity index (χ4n) is 3.69. The van der Waals surface area contributed by atoms with E-state index in [4.69, 9.17) is 5.11 Å². The largest absolute Gasteiger partial charge is 0.478 e. The summed E-state index contributed by atoms with van der Waals surface area (Å²) >= 11 is 0. The minimum atomic E-state index is -4.43. The first kappa shape index (κ1) is 24.6. The van der Waals surface area contributed by atoms with Gasteiger partial charge in [0.1, 0.15) is 5.69 Å². The molecule has 1 atom stereocenters. The number of benzene rings is 3. The Balaban J connectivity index is 1.61. The number of alkyl halides is 3. The first-order valence-electron chi connectivity index (χ1n) is 10.9. The highest BCUT2D eigenvalue weighted by molar-refractivity contribution is 5.98. The molecule has 36 heavy (non-hydrogen) atoms. The normalized spacial score (nSPS) is 12.2. The monoisotopic (exact) mass is 494 g/mol. The molecule has 10 heteroatoms. The minimum absolute atomic E-state index is 0.0575. The number of hydrogen-bond donors (Lipinski definition) is 2. The Morgan fingerprint density at radius 2 is 1.61 bits per heavy atom. The number of carbonyl (C=O) groups is 2. The Labute approximate surface area is 204 Å². The van der Waals surface area contributed by atoms with Crippen LogP contribution < -0.4 is 5.32 Å². The number of hydrogen-bond acceptors (Lipinski definition) is 4. The first-order chi connectivity index (χ1) is 17.1. The molecule has 0 radical (unpaired) electrons. The number of carbonyl (C=O) groups excluding carboxylic acids is 1. The molecule has 0 fully saturated rings. The van der Waals surface area contributed by atoms with Crippen molar-refractivity contribution in [1.82, 2.24) is 20.3 Å². The molecule has 0 spiro atoms. The van der Waals surface area contributed by atoms with Crippen molar-refractivity contribution in [3.63, 3.8) is 0 Å². The number of aromatic nitrogens is 3. The van der Waals surface area contributed by atoms with Crippen molar-refractivity contribution < 1.29 is 27.9 Å². The van der Waals surface area contributed by atoms with E-state index in [2.05, 4.69) is 15.6 Å². The van der Waals surface area contributed by atoms with Crippen LogP contribution in [0.1, 0.15) is 50.5 Å². The highest BCUT2D eigenvalue weighted by Gasteiger charge is 2.30. The van der Waals surface area contributed by atoms with Gasteiger partial charge in [0.05, 0.1) is 23.7 Å². The molecule has 0 aliphatic carbocycles. The molecule has 0 saturated carbocycles. The third-order valence-corrected chi connectivity index (χ3v) is 5.62. The SMILES string of the molecule is C[C@H](NC(=O)c1nnn(Cc2ccc(C(F)(F)F)cc2)c1-c1ccccc1)c1ccc(C(=O)O)cc1. The van der Waals surface area contributed by atoms with Gasteiger partial charge in [-0.05, 0) is 42.3 Å². The van der Waals surface area contributed by atoms with Gasteiger partial charge in [-0.15, -0.1) is 5.10 Å². The average Bonchev–Trinajstić information content (AvgIpc) is 3.28. The van der Waals surface area contributed by atoms with Crippen LogP contribution in [0.2, 0.25) is 0 Å². The lowest BCUT2D eigenvalue weighted by atomic mass is 10.1. The second kappa shape index (κ2) is 10.0. The van der Waals surface area contributed by atoms with E-state index >= 15 is 0 Å². The molecule has 2 N–H and O–H groups in total. The van der Waals surface area contributed by atoms with Crippen molar-refractivity contribution in [3.8, 4) is 11.3 Å². The van der Waals surface area contributed by atoms with Gasteiger partial charge in [-0.1, -0.05) is 59.8 Å². The van der Waals surface area contributed by atoms with Crippen molar-refractivity contribution in [2.24, 2.45) is 0 Å². The predicted octanol–water partition coefficient (Wildman–Crippen LogP) is 5.20. The van der Waals surface area contributed by atoms with Gasteiger partial charge in [-0.25, -0.2) is 9.48 Å². The summed E-state index contributed by atoms with van der Waals surface area (Å²) < 4.78 is 40.2. The minimum Gasteiger partial charge on any atom is -0.478 e. The lowest BCUT2D eigenvalue weighted by Gasteiger charge is -2.15. The van der Waals surface area contributed by atoms with Crippen molar-refractivity contribution in [2.75, 3.05) is 0 Å². The molecular formula is C26H21F3N4O3. The summed E-state index contributed by atoms with van der Waals surface area (Å²) in [5, 5.41) is 20.1. The van der Waals surface area contributed by atoms with E-state index in [0.29, 0.717) is 22.4 Å². The highest BCUT2D eigenvalue weighted by atomic mass is 19.4. The number of halogens is 3. The van der Waals surface area contributed by atoms with E-state index in [9.17, 15) is 22.8 Å². The van der Waals surface area contributed by atoms with Gasteiger partial charge in [0.15, 0.2) is 5.69 Å².